The highest BCUT2D eigenvalue weighted by Gasteiger charge is 2.48. The summed E-state index contributed by atoms with van der Waals surface area (Å²) in [5, 5.41) is 12.7. The second-order valence-electron chi connectivity index (χ2n) is 5.87. The maximum absolute atomic E-state index is 11.7. The van der Waals surface area contributed by atoms with Gasteiger partial charge in [-0.3, -0.25) is 4.79 Å². The molecule has 0 heterocycles. The molecule has 0 aromatic heterocycles. The Bertz CT molecular complexity index is 271. The quantitative estimate of drug-likeness (QED) is 0.770. The van der Waals surface area contributed by atoms with Crippen LogP contribution in [0.25, 0.3) is 0 Å². The molecule has 0 spiro atoms. The molecule has 3 heteroatoms. The lowest BCUT2D eigenvalue weighted by molar-refractivity contribution is -0.132. The molecule has 16 heavy (non-hydrogen) atoms. The van der Waals surface area contributed by atoms with Crippen molar-refractivity contribution in [3.8, 4) is 0 Å². The van der Waals surface area contributed by atoms with Crippen molar-refractivity contribution in [2.45, 2.75) is 64.0 Å². The first-order chi connectivity index (χ1) is 7.51. The largest absolute Gasteiger partial charge is 0.380 e. The Balaban J connectivity index is 1.83. The summed E-state index contributed by atoms with van der Waals surface area (Å²) >= 11 is 0. The highest BCUT2D eigenvalue weighted by atomic mass is 16.3. The molecule has 2 N–H and O–H groups in total. The molecule has 3 nitrogen and oxygen atoms in total. The number of rotatable bonds is 3. The fraction of sp³-hybridized carbons (Fsp3) is 0.923. The van der Waals surface area contributed by atoms with E-state index in [-0.39, 0.29) is 5.91 Å². The number of carbonyl (C=O) groups is 1. The van der Waals surface area contributed by atoms with Crippen molar-refractivity contribution >= 4 is 5.91 Å². The van der Waals surface area contributed by atoms with Crippen LogP contribution in [0.4, 0.5) is 0 Å². The van der Waals surface area contributed by atoms with E-state index in [0.717, 1.165) is 18.8 Å². The summed E-state index contributed by atoms with van der Waals surface area (Å²) in [6.07, 6.45) is 5.92. The van der Waals surface area contributed by atoms with Gasteiger partial charge in [0.25, 0.3) is 5.91 Å². The van der Waals surface area contributed by atoms with E-state index in [1.54, 1.807) is 0 Å². The third kappa shape index (κ3) is 2.57. The average molecular weight is 225 g/mol. The second-order valence-corrected chi connectivity index (χ2v) is 5.87. The van der Waals surface area contributed by atoms with Gasteiger partial charge in [-0.2, -0.15) is 0 Å². The third-order valence-electron chi connectivity index (χ3n) is 4.14. The van der Waals surface area contributed by atoms with E-state index >= 15 is 0 Å². The lowest BCUT2D eigenvalue weighted by Gasteiger charge is -2.32. The number of amides is 1. The fourth-order valence-electron chi connectivity index (χ4n) is 2.63. The van der Waals surface area contributed by atoms with Gasteiger partial charge in [0.2, 0.25) is 0 Å². The Labute approximate surface area is 97.6 Å². The van der Waals surface area contributed by atoms with E-state index in [9.17, 15) is 9.90 Å². The van der Waals surface area contributed by atoms with Gasteiger partial charge in [0.1, 0.15) is 5.60 Å². The van der Waals surface area contributed by atoms with Crippen LogP contribution >= 0.6 is 0 Å². The van der Waals surface area contributed by atoms with Crippen LogP contribution in [0.2, 0.25) is 0 Å². The van der Waals surface area contributed by atoms with Crippen LogP contribution in [-0.4, -0.2) is 22.7 Å². The molecule has 0 aromatic carbocycles. The minimum absolute atomic E-state index is 0.137. The van der Waals surface area contributed by atoms with Gasteiger partial charge in [0.05, 0.1) is 0 Å². The highest BCUT2D eigenvalue weighted by Crippen LogP contribution is 2.36. The summed E-state index contributed by atoms with van der Waals surface area (Å²) in [4.78, 5) is 11.7. The molecular formula is C13H23NO2. The Morgan fingerprint density at radius 2 is 2.06 bits per heavy atom. The zero-order valence-corrected chi connectivity index (χ0v) is 10.3. The SMILES string of the molecule is CC(C)[C@@H]1CCC[C@@H](NC(=O)C2(O)CC2)C1. The van der Waals surface area contributed by atoms with Crippen molar-refractivity contribution in [3.63, 3.8) is 0 Å². The standard InChI is InChI=1S/C13H23NO2/c1-9(2)10-4-3-5-11(8-10)14-12(15)13(16)6-7-13/h9-11,16H,3-8H2,1-2H3,(H,14,15)/t10-,11-/m1/s1. The third-order valence-corrected chi connectivity index (χ3v) is 4.14. The van der Waals surface area contributed by atoms with Gasteiger partial charge in [0.15, 0.2) is 0 Å². The monoisotopic (exact) mass is 225 g/mol. The maximum atomic E-state index is 11.7. The van der Waals surface area contributed by atoms with E-state index in [4.69, 9.17) is 0 Å². The maximum Gasteiger partial charge on any atom is 0.252 e. The summed E-state index contributed by atoms with van der Waals surface area (Å²) in [6, 6.07) is 0.290. The van der Waals surface area contributed by atoms with E-state index in [1.165, 1.54) is 12.8 Å². The molecule has 92 valence electrons. The molecule has 0 radical (unpaired) electrons. The average Bonchev–Trinajstić information content (AvgIpc) is 2.98. The minimum Gasteiger partial charge on any atom is -0.380 e. The van der Waals surface area contributed by atoms with Crippen molar-refractivity contribution in [1.82, 2.24) is 5.32 Å². The van der Waals surface area contributed by atoms with E-state index in [1.807, 2.05) is 0 Å². The zero-order chi connectivity index (χ0) is 11.8. The number of hydrogen-bond donors (Lipinski definition) is 2. The first kappa shape index (κ1) is 11.9. The van der Waals surface area contributed by atoms with Gasteiger partial charge in [-0.1, -0.05) is 26.7 Å². The Kier molecular flexibility index (Phi) is 3.24. The molecule has 2 aliphatic carbocycles. The second kappa shape index (κ2) is 4.36. The van der Waals surface area contributed by atoms with E-state index < -0.39 is 5.60 Å². The minimum atomic E-state index is -1.01. The smallest absolute Gasteiger partial charge is 0.252 e. The molecule has 0 bridgehead atoms. The normalized spacial score (nSPS) is 32.5. The Morgan fingerprint density at radius 1 is 1.38 bits per heavy atom. The van der Waals surface area contributed by atoms with Crippen LogP contribution in [0.5, 0.6) is 0 Å². The number of hydrogen-bond acceptors (Lipinski definition) is 2. The van der Waals surface area contributed by atoms with Crippen molar-refractivity contribution in [3.05, 3.63) is 0 Å². The Morgan fingerprint density at radius 3 is 2.62 bits per heavy atom. The molecule has 0 saturated heterocycles. The first-order valence-corrected chi connectivity index (χ1v) is 6.54. The van der Waals surface area contributed by atoms with Crippen molar-refractivity contribution in [2.75, 3.05) is 0 Å². The predicted molar refractivity (Wildman–Crippen MR) is 62.9 cm³/mol. The van der Waals surface area contributed by atoms with Gasteiger partial charge in [0, 0.05) is 6.04 Å². The summed E-state index contributed by atoms with van der Waals surface area (Å²) in [7, 11) is 0. The van der Waals surface area contributed by atoms with Crippen LogP contribution < -0.4 is 5.32 Å². The molecular weight excluding hydrogens is 202 g/mol. The summed E-state index contributed by atoms with van der Waals surface area (Å²) < 4.78 is 0. The van der Waals surface area contributed by atoms with Gasteiger partial charge >= 0.3 is 0 Å². The molecule has 2 fully saturated rings. The van der Waals surface area contributed by atoms with Gasteiger partial charge in [-0.25, -0.2) is 0 Å². The van der Waals surface area contributed by atoms with Gasteiger partial charge in [-0.15, -0.1) is 0 Å². The number of carbonyl (C=O) groups excluding carboxylic acids is 1. The molecule has 2 saturated carbocycles. The topological polar surface area (TPSA) is 49.3 Å². The van der Waals surface area contributed by atoms with E-state index in [2.05, 4.69) is 19.2 Å². The van der Waals surface area contributed by atoms with Crippen molar-refractivity contribution in [1.29, 1.82) is 0 Å². The molecule has 2 atom stereocenters. The van der Waals surface area contributed by atoms with Crippen LogP contribution in [0.1, 0.15) is 52.4 Å². The van der Waals surface area contributed by atoms with Crippen LogP contribution in [0.3, 0.4) is 0 Å². The van der Waals surface area contributed by atoms with Crippen LogP contribution in [-0.2, 0) is 4.79 Å². The number of aliphatic hydroxyl groups is 1. The summed E-state index contributed by atoms with van der Waals surface area (Å²) in [5.41, 5.74) is -1.01. The molecule has 2 rings (SSSR count). The number of nitrogens with one attached hydrogen (secondary N) is 1. The van der Waals surface area contributed by atoms with Crippen LogP contribution in [0, 0.1) is 11.8 Å². The van der Waals surface area contributed by atoms with Gasteiger partial charge in [-0.05, 0) is 37.5 Å². The Hall–Kier alpha value is -0.570. The molecule has 0 aliphatic heterocycles. The lowest BCUT2D eigenvalue weighted by atomic mass is 9.79. The predicted octanol–water partition coefficient (Wildman–Crippen LogP) is 1.84. The first-order valence-electron chi connectivity index (χ1n) is 6.54. The summed E-state index contributed by atoms with van der Waals surface area (Å²) in [6.45, 7) is 4.51. The lowest BCUT2D eigenvalue weighted by Crippen LogP contribution is -2.45. The zero-order valence-electron chi connectivity index (χ0n) is 10.3. The molecule has 0 unspecified atom stereocenters. The highest BCUT2D eigenvalue weighted by molar-refractivity contribution is 5.87. The molecule has 0 aromatic rings. The van der Waals surface area contributed by atoms with Gasteiger partial charge < -0.3 is 10.4 Å². The molecule has 1 amide bonds. The fourth-order valence-corrected chi connectivity index (χ4v) is 2.63. The van der Waals surface area contributed by atoms with Crippen molar-refractivity contribution in [2.24, 2.45) is 11.8 Å². The van der Waals surface area contributed by atoms with Crippen LogP contribution in [0.15, 0.2) is 0 Å². The summed E-state index contributed by atoms with van der Waals surface area (Å²) in [5.74, 6) is 1.29. The van der Waals surface area contributed by atoms with E-state index in [0.29, 0.717) is 24.8 Å². The van der Waals surface area contributed by atoms with Crippen molar-refractivity contribution < 1.29 is 9.90 Å². The molecule has 2 aliphatic rings.